The first kappa shape index (κ1) is 13.0. The van der Waals surface area contributed by atoms with Crippen LogP contribution in [-0.2, 0) is 4.79 Å². The molecule has 0 aromatic heterocycles. The number of nitrogens with two attached hydrogens (primary N) is 1. The zero-order chi connectivity index (χ0) is 12.8. The number of rotatable bonds is 5. The molecular weight excluding hydrogens is 224 g/mol. The van der Waals surface area contributed by atoms with Gasteiger partial charge >= 0.3 is 5.97 Å². The molecule has 0 aliphatic rings. The van der Waals surface area contributed by atoms with Crippen LogP contribution >= 0.6 is 0 Å². The molecule has 0 aliphatic carbocycles. The second-order valence-corrected chi connectivity index (χ2v) is 3.39. The first-order valence-electron chi connectivity index (χ1n) is 4.95. The summed E-state index contributed by atoms with van der Waals surface area (Å²) in [6.07, 6.45) is 0. The average molecular weight is 238 g/mol. The van der Waals surface area contributed by atoms with E-state index in [1.54, 1.807) is 24.3 Å². The monoisotopic (exact) mass is 238 g/mol. The zero-order valence-corrected chi connectivity index (χ0v) is 9.34. The van der Waals surface area contributed by atoms with Crippen molar-refractivity contribution in [3.63, 3.8) is 0 Å². The molecule has 0 heterocycles. The van der Waals surface area contributed by atoms with Gasteiger partial charge in [0.15, 0.2) is 0 Å². The summed E-state index contributed by atoms with van der Waals surface area (Å²) in [5, 5.41) is 11.0. The number of benzene rings is 1. The lowest BCUT2D eigenvalue weighted by Crippen LogP contribution is -2.42. The lowest BCUT2D eigenvalue weighted by molar-refractivity contribution is -0.138. The number of carbonyl (C=O) groups is 2. The number of hydrogen-bond acceptors (Lipinski definition) is 4. The SMILES string of the molecule is COc1cccc(C(=O)NCC(N)C(=O)O)c1. The van der Waals surface area contributed by atoms with Crippen molar-refractivity contribution in [3.8, 4) is 5.75 Å². The van der Waals surface area contributed by atoms with Crippen molar-refractivity contribution in [2.24, 2.45) is 5.73 Å². The molecule has 0 saturated carbocycles. The Labute approximate surface area is 98.4 Å². The summed E-state index contributed by atoms with van der Waals surface area (Å²) in [4.78, 5) is 22.1. The zero-order valence-electron chi connectivity index (χ0n) is 9.34. The first-order chi connectivity index (χ1) is 8.04. The molecule has 1 aromatic carbocycles. The summed E-state index contributed by atoms with van der Waals surface area (Å²) in [5.74, 6) is -0.989. The van der Waals surface area contributed by atoms with Gasteiger partial charge in [-0.2, -0.15) is 0 Å². The molecule has 1 aromatic rings. The Bertz CT molecular complexity index is 420. The van der Waals surface area contributed by atoms with Crippen LogP contribution in [0.5, 0.6) is 5.75 Å². The fraction of sp³-hybridized carbons (Fsp3) is 0.273. The first-order valence-corrected chi connectivity index (χ1v) is 4.95. The third-order valence-corrected chi connectivity index (χ3v) is 2.13. The van der Waals surface area contributed by atoms with Gasteiger partial charge in [0.25, 0.3) is 5.91 Å². The second-order valence-electron chi connectivity index (χ2n) is 3.39. The van der Waals surface area contributed by atoms with Gasteiger partial charge in [-0.05, 0) is 18.2 Å². The van der Waals surface area contributed by atoms with E-state index in [1.807, 2.05) is 0 Å². The summed E-state index contributed by atoms with van der Waals surface area (Å²) in [5.41, 5.74) is 5.65. The van der Waals surface area contributed by atoms with Crippen LogP contribution in [0.3, 0.4) is 0 Å². The predicted molar refractivity (Wildman–Crippen MR) is 60.9 cm³/mol. The van der Waals surface area contributed by atoms with Crippen molar-refractivity contribution in [2.45, 2.75) is 6.04 Å². The van der Waals surface area contributed by atoms with Crippen LogP contribution in [0.4, 0.5) is 0 Å². The summed E-state index contributed by atoms with van der Waals surface area (Å²) in [6, 6.07) is 5.43. The third-order valence-electron chi connectivity index (χ3n) is 2.13. The summed E-state index contributed by atoms with van der Waals surface area (Å²) in [7, 11) is 1.50. The minimum absolute atomic E-state index is 0.120. The van der Waals surface area contributed by atoms with Crippen LogP contribution in [0.1, 0.15) is 10.4 Å². The van der Waals surface area contributed by atoms with Crippen molar-refractivity contribution in [1.82, 2.24) is 5.32 Å². The lowest BCUT2D eigenvalue weighted by Gasteiger charge is -2.09. The van der Waals surface area contributed by atoms with E-state index in [1.165, 1.54) is 7.11 Å². The Hall–Kier alpha value is -2.08. The van der Waals surface area contributed by atoms with E-state index in [4.69, 9.17) is 15.6 Å². The van der Waals surface area contributed by atoms with Crippen molar-refractivity contribution < 1.29 is 19.4 Å². The smallest absolute Gasteiger partial charge is 0.322 e. The van der Waals surface area contributed by atoms with E-state index < -0.39 is 12.0 Å². The van der Waals surface area contributed by atoms with Crippen molar-refractivity contribution in [1.29, 1.82) is 0 Å². The highest BCUT2D eigenvalue weighted by Gasteiger charge is 2.13. The summed E-state index contributed by atoms with van der Waals surface area (Å²) in [6.45, 7) is -0.120. The van der Waals surface area contributed by atoms with Crippen LogP contribution < -0.4 is 15.8 Å². The molecule has 1 atom stereocenters. The molecule has 92 valence electrons. The van der Waals surface area contributed by atoms with Gasteiger partial charge in [-0.25, -0.2) is 0 Å². The van der Waals surface area contributed by atoms with Crippen LogP contribution in [0.25, 0.3) is 0 Å². The number of nitrogens with one attached hydrogen (secondary N) is 1. The maximum Gasteiger partial charge on any atom is 0.322 e. The number of hydrogen-bond donors (Lipinski definition) is 3. The number of methoxy groups -OCH3 is 1. The molecule has 0 saturated heterocycles. The lowest BCUT2D eigenvalue weighted by atomic mass is 10.2. The highest BCUT2D eigenvalue weighted by molar-refractivity contribution is 5.94. The molecule has 6 heteroatoms. The molecular formula is C11H14N2O4. The standard InChI is InChI=1S/C11H14N2O4/c1-17-8-4-2-3-7(5-8)10(14)13-6-9(12)11(15)16/h2-5,9H,6,12H2,1H3,(H,13,14)(H,15,16). The molecule has 1 rings (SSSR count). The molecule has 0 spiro atoms. The summed E-state index contributed by atoms with van der Waals surface area (Å²) < 4.78 is 4.97. The maximum absolute atomic E-state index is 11.6. The molecule has 6 nitrogen and oxygen atoms in total. The van der Waals surface area contributed by atoms with Crippen LogP contribution in [0, 0.1) is 0 Å². The minimum Gasteiger partial charge on any atom is -0.497 e. The average Bonchev–Trinajstić information content (AvgIpc) is 2.35. The quantitative estimate of drug-likeness (QED) is 0.661. The number of ether oxygens (including phenoxy) is 1. The Morgan fingerprint density at radius 2 is 2.24 bits per heavy atom. The van der Waals surface area contributed by atoms with Gasteiger partial charge in [0.05, 0.1) is 7.11 Å². The fourth-order valence-electron chi connectivity index (χ4n) is 1.16. The topological polar surface area (TPSA) is 102 Å². The van der Waals surface area contributed by atoms with Crippen LogP contribution in [0.2, 0.25) is 0 Å². The van der Waals surface area contributed by atoms with Crippen LogP contribution in [-0.4, -0.2) is 36.7 Å². The molecule has 0 bridgehead atoms. The van der Waals surface area contributed by atoms with E-state index in [-0.39, 0.29) is 12.5 Å². The van der Waals surface area contributed by atoms with Gasteiger partial charge in [0.1, 0.15) is 11.8 Å². The number of carbonyl (C=O) groups excluding carboxylic acids is 1. The van der Waals surface area contributed by atoms with Gasteiger partial charge in [-0.15, -0.1) is 0 Å². The Kier molecular flexibility index (Phi) is 4.47. The van der Waals surface area contributed by atoms with E-state index in [9.17, 15) is 9.59 Å². The normalized spacial score (nSPS) is 11.6. The van der Waals surface area contributed by atoms with E-state index >= 15 is 0 Å². The highest BCUT2D eigenvalue weighted by Crippen LogP contribution is 2.12. The van der Waals surface area contributed by atoms with Gasteiger partial charge in [0.2, 0.25) is 0 Å². The predicted octanol–water partition coefficient (Wildman–Crippen LogP) is -0.163. The van der Waals surface area contributed by atoms with Crippen molar-refractivity contribution in [2.75, 3.05) is 13.7 Å². The van der Waals surface area contributed by atoms with E-state index in [0.717, 1.165) is 0 Å². The maximum atomic E-state index is 11.6. The number of carboxylic acid groups (broad SMARTS) is 1. The van der Waals surface area contributed by atoms with Gasteiger partial charge in [-0.1, -0.05) is 6.07 Å². The van der Waals surface area contributed by atoms with Crippen molar-refractivity contribution >= 4 is 11.9 Å². The van der Waals surface area contributed by atoms with Gasteiger partial charge in [-0.3, -0.25) is 9.59 Å². The van der Waals surface area contributed by atoms with Crippen LogP contribution in [0.15, 0.2) is 24.3 Å². The third kappa shape index (κ3) is 3.76. The van der Waals surface area contributed by atoms with Crippen molar-refractivity contribution in [3.05, 3.63) is 29.8 Å². The number of aliphatic carboxylic acids is 1. The Balaban J connectivity index is 2.60. The minimum atomic E-state index is -1.16. The van der Waals surface area contributed by atoms with Gasteiger partial charge < -0.3 is 20.9 Å². The Morgan fingerprint density at radius 1 is 1.53 bits per heavy atom. The van der Waals surface area contributed by atoms with Gasteiger partial charge in [0, 0.05) is 12.1 Å². The molecule has 1 unspecified atom stereocenters. The fourth-order valence-corrected chi connectivity index (χ4v) is 1.16. The highest BCUT2D eigenvalue weighted by atomic mass is 16.5. The van der Waals surface area contributed by atoms with E-state index in [0.29, 0.717) is 11.3 Å². The molecule has 0 radical (unpaired) electrons. The summed E-state index contributed by atoms with van der Waals surface area (Å²) >= 11 is 0. The number of carboxylic acids is 1. The molecule has 4 N–H and O–H groups in total. The van der Waals surface area contributed by atoms with E-state index in [2.05, 4.69) is 5.32 Å². The molecule has 1 amide bonds. The second kappa shape index (κ2) is 5.86. The molecule has 0 fully saturated rings. The Morgan fingerprint density at radius 3 is 2.82 bits per heavy atom. The molecule has 0 aliphatic heterocycles. The molecule has 17 heavy (non-hydrogen) atoms. The largest absolute Gasteiger partial charge is 0.497 e. The number of amides is 1.